The van der Waals surface area contributed by atoms with Gasteiger partial charge in [0.05, 0.1) is 4.92 Å². The number of rotatable bonds is 4. The molecule has 0 heterocycles. The molecule has 0 aliphatic heterocycles. The van der Waals surface area contributed by atoms with Gasteiger partial charge in [0.25, 0.3) is 5.70 Å². The molecule has 0 aliphatic rings. The van der Waals surface area contributed by atoms with Crippen molar-refractivity contribution in [2.75, 3.05) is 0 Å². The Morgan fingerprint density at radius 3 is 2.47 bits per heavy atom. The van der Waals surface area contributed by atoms with Gasteiger partial charge in [0.15, 0.2) is 0 Å². The number of nitro groups is 1. The second-order valence-electron chi connectivity index (χ2n) is 3.39. The topological polar surface area (TPSA) is 43.1 Å². The van der Waals surface area contributed by atoms with E-state index in [0.29, 0.717) is 0 Å². The fraction of sp³-hybridized carbons (Fsp3) is 0.273. The SMILES string of the molecule is CC(C)C(=CSc1ccccc1)[N+](=O)[O-]. The Balaban J connectivity index is 2.75. The molecule has 0 aliphatic carbocycles. The lowest BCUT2D eigenvalue weighted by atomic mass is 10.2. The van der Waals surface area contributed by atoms with E-state index in [0.717, 1.165) is 4.90 Å². The molecule has 0 atom stereocenters. The maximum absolute atomic E-state index is 10.7. The highest BCUT2D eigenvalue weighted by Crippen LogP contribution is 2.23. The Morgan fingerprint density at radius 1 is 1.40 bits per heavy atom. The molecule has 1 rings (SSSR count). The first-order valence-corrected chi connectivity index (χ1v) is 5.55. The van der Waals surface area contributed by atoms with E-state index in [-0.39, 0.29) is 16.5 Å². The van der Waals surface area contributed by atoms with Crippen LogP contribution in [0.4, 0.5) is 0 Å². The van der Waals surface area contributed by atoms with Gasteiger partial charge in [-0.1, -0.05) is 43.8 Å². The van der Waals surface area contributed by atoms with E-state index >= 15 is 0 Å². The van der Waals surface area contributed by atoms with Gasteiger partial charge in [-0.3, -0.25) is 10.1 Å². The zero-order valence-corrected chi connectivity index (χ0v) is 9.53. The average Bonchev–Trinajstić information content (AvgIpc) is 2.18. The van der Waals surface area contributed by atoms with Gasteiger partial charge in [-0.15, -0.1) is 0 Å². The fourth-order valence-electron chi connectivity index (χ4n) is 1.02. The Labute approximate surface area is 93.3 Å². The highest BCUT2D eigenvalue weighted by molar-refractivity contribution is 8.02. The van der Waals surface area contributed by atoms with Crippen LogP contribution in [0, 0.1) is 16.0 Å². The molecule has 0 N–H and O–H groups in total. The summed E-state index contributed by atoms with van der Waals surface area (Å²) >= 11 is 1.38. The monoisotopic (exact) mass is 223 g/mol. The Bertz CT molecular complexity index is 360. The van der Waals surface area contributed by atoms with Crippen molar-refractivity contribution in [2.45, 2.75) is 18.7 Å². The normalized spacial score (nSPS) is 11.8. The van der Waals surface area contributed by atoms with E-state index in [1.165, 1.54) is 11.8 Å². The third-order valence-electron chi connectivity index (χ3n) is 1.86. The second kappa shape index (κ2) is 5.56. The molecule has 3 nitrogen and oxygen atoms in total. The van der Waals surface area contributed by atoms with Gasteiger partial charge in [-0.2, -0.15) is 0 Å². The van der Waals surface area contributed by atoms with Crippen molar-refractivity contribution in [1.29, 1.82) is 0 Å². The van der Waals surface area contributed by atoms with Gasteiger partial charge >= 0.3 is 0 Å². The van der Waals surface area contributed by atoms with E-state index < -0.39 is 0 Å². The maximum Gasteiger partial charge on any atom is 0.255 e. The minimum Gasteiger partial charge on any atom is -0.259 e. The summed E-state index contributed by atoms with van der Waals surface area (Å²) in [4.78, 5) is 11.4. The smallest absolute Gasteiger partial charge is 0.255 e. The van der Waals surface area contributed by atoms with Gasteiger partial charge in [0, 0.05) is 16.2 Å². The summed E-state index contributed by atoms with van der Waals surface area (Å²) < 4.78 is 0. The van der Waals surface area contributed by atoms with Crippen molar-refractivity contribution in [3.63, 3.8) is 0 Å². The Kier molecular flexibility index (Phi) is 4.37. The van der Waals surface area contributed by atoms with Gasteiger partial charge in [0.2, 0.25) is 0 Å². The summed E-state index contributed by atoms with van der Waals surface area (Å²) in [5.74, 6) is -0.0591. The molecule has 1 aromatic carbocycles. The van der Waals surface area contributed by atoms with E-state index in [9.17, 15) is 10.1 Å². The molecule has 0 bridgehead atoms. The van der Waals surface area contributed by atoms with E-state index in [1.54, 1.807) is 5.41 Å². The summed E-state index contributed by atoms with van der Waals surface area (Å²) in [7, 11) is 0. The van der Waals surface area contributed by atoms with Crippen molar-refractivity contribution in [3.8, 4) is 0 Å². The van der Waals surface area contributed by atoms with E-state index in [2.05, 4.69) is 0 Å². The first kappa shape index (κ1) is 11.8. The molecule has 80 valence electrons. The minimum absolute atomic E-state index is 0.0591. The molecule has 15 heavy (non-hydrogen) atoms. The van der Waals surface area contributed by atoms with Gasteiger partial charge in [-0.25, -0.2) is 0 Å². The molecule has 0 spiro atoms. The molecular weight excluding hydrogens is 210 g/mol. The highest BCUT2D eigenvalue weighted by atomic mass is 32.2. The van der Waals surface area contributed by atoms with Crippen LogP contribution < -0.4 is 0 Å². The number of hydrogen-bond acceptors (Lipinski definition) is 3. The largest absolute Gasteiger partial charge is 0.259 e. The van der Waals surface area contributed by atoms with Gasteiger partial charge in [0.1, 0.15) is 0 Å². The first-order valence-electron chi connectivity index (χ1n) is 4.67. The molecule has 0 radical (unpaired) electrons. The van der Waals surface area contributed by atoms with Crippen LogP contribution in [0.15, 0.2) is 46.3 Å². The zero-order chi connectivity index (χ0) is 11.3. The third kappa shape index (κ3) is 3.75. The lowest BCUT2D eigenvalue weighted by Gasteiger charge is -2.01. The zero-order valence-electron chi connectivity index (χ0n) is 8.71. The molecule has 0 fully saturated rings. The maximum atomic E-state index is 10.7. The second-order valence-corrected chi connectivity index (χ2v) is 4.33. The van der Waals surface area contributed by atoms with Crippen LogP contribution in [0.2, 0.25) is 0 Å². The average molecular weight is 223 g/mol. The number of allylic oxidation sites excluding steroid dienone is 1. The van der Waals surface area contributed by atoms with Gasteiger partial charge in [-0.05, 0) is 12.1 Å². The molecule has 1 aromatic rings. The fourth-order valence-corrected chi connectivity index (χ4v) is 1.95. The molecule has 0 unspecified atom stereocenters. The van der Waals surface area contributed by atoms with Crippen LogP contribution in [0.5, 0.6) is 0 Å². The van der Waals surface area contributed by atoms with Crippen molar-refractivity contribution in [2.24, 2.45) is 5.92 Å². The van der Waals surface area contributed by atoms with E-state index in [1.807, 2.05) is 44.2 Å². The van der Waals surface area contributed by atoms with Crippen LogP contribution in [0.1, 0.15) is 13.8 Å². The third-order valence-corrected chi connectivity index (χ3v) is 2.76. The summed E-state index contributed by atoms with van der Waals surface area (Å²) in [6.07, 6.45) is 0. The van der Waals surface area contributed by atoms with Crippen molar-refractivity contribution < 1.29 is 4.92 Å². The number of hydrogen-bond donors (Lipinski definition) is 0. The number of thioether (sulfide) groups is 1. The predicted molar refractivity (Wildman–Crippen MR) is 62.2 cm³/mol. The standard InChI is InChI=1S/C11H13NO2S/c1-9(2)11(12(13)14)8-15-10-6-4-3-5-7-10/h3-9H,1-2H3. The van der Waals surface area contributed by atoms with Crippen LogP contribution in [0.25, 0.3) is 0 Å². The summed E-state index contributed by atoms with van der Waals surface area (Å²) in [6, 6.07) is 9.61. The highest BCUT2D eigenvalue weighted by Gasteiger charge is 2.15. The molecule has 0 saturated carbocycles. The predicted octanol–water partition coefficient (Wildman–Crippen LogP) is 3.55. The lowest BCUT2D eigenvalue weighted by molar-refractivity contribution is -0.432. The van der Waals surface area contributed by atoms with Gasteiger partial charge < -0.3 is 0 Å². The summed E-state index contributed by atoms with van der Waals surface area (Å²) in [5, 5.41) is 12.3. The van der Waals surface area contributed by atoms with Crippen LogP contribution >= 0.6 is 11.8 Å². The molecule has 0 saturated heterocycles. The van der Waals surface area contributed by atoms with Crippen LogP contribution in [0.3, 0.4) is 0 Å². The molecule has 0 aromatic heterocycles. The Hall–Kier alpha value is -1.29. The van der Waals surface area contributed by atoms with Crippen molar-refractivity contribution in [3.05, 3.63) is 51.6 Å². The molecular formula is C11H13NO2S. The first-order chi connectivity index (χ1) is 7.11. The Morgan fingerprint density at radius 2 is 2.00 bits per heavy atom. The number of nitrogens with zero attached hydrogens (tertiary/aromatic N) is 1. The van der Waals surface area contributed by atoms with Crippen molar-refractivity contribution in [1.82, 2.24) is 0 Å². The lowest BCUT2D eigenvalue weighted by Crippen LogP contribution is -2.04. The quantitative estimate of drug-likeness (QED) is 0.445. The van der Waals surface area contributed by atoms with Crippen molar-refractivity contribution >= 4 is 11.8 Å². The van der Waals surface area contributed by atoms with Crippen LogP contribution in [-0.4, -0.2) is 4.92 Å². The van der Waals surface area contributed by atoms with E-state index in [4.69, 9.17) is 0 Å². The molecule has 4 heteroatoms. The number of benzene rings is 1. The summed E-state index contributed by atoms with van der Waals surface area (Å²) in [5.41, 5.74) is 0.254. The summed E-state index contributed by atoms with van der Waals surface area (Å²) in [6.45, 7) is 3.64. The van der Waals surface area contributed by atoms with Crippen LogP contribution in [-0.2, 0) is 0 Å². The molecule has 0 amide bonds. The minimum atomic E-state index is -0.319.